The number of hydrogen-bond acceptors (Lipinski definition) is 8. The van der Waals surface area contributed by atoms with Crippen molar-refractivity contribution in [1.29, 1.82) is 21.0 Å². The van der Waals surface area contributed by atoms with Crippen molar-refractivity contribution in [3.63, 3.8) is 0 Å². The summed E-state index contributed by atoms with van der Waals surface area (Å²) in [5.74, 6) is 0. The first kappa shape index (κ1) is 29.2. The predicted octanol–water partition coefficient (Wildman–Crippen LogP) is 6.64. The number of hydrogen-bond donors (Lipinski definition) is 0. The van der Waals surface area contributed by atoms with Crippen LogP contribution in [0.5, 0.6) is 0 Å². The Morgan fingerprint density at radius 1 is 0.333 bits per heavy atom. The Bertz CT molecular complexity index is 2310. The molecule has 220 valence electrons. The predicted molar refractivity (Wildman–Crippen MR) is 183 cm³/mol. The maximum Gasteiger partial charge on any atom is 0.141 e. The molecule has 2 heterocycles. The lowest BCUT2D eigenvalue weighted by atomic mass is 9.99. The zero-order valence-electron chi connectivity index (χ0n) is 25.1. The van der Waals surface area contributed by atoms with Crippen molar-refractivity contribution in [2.45, 2.75) is 0 Å². The number of nitrogens with zero attached hydrogens (tertiary/aromatic N) is 8. The summed E-state index contributed by atoms with van der Waals surface area (Å²) in [4.78, 5) is 20.4. The lowest BCUT2D eigenvalue weighted by Crippen LogP contribution is -2.24. The van der Waals surface area contributed by atoms with Gasteiger partial charge in [-0.1, -0.05) is 121 Å². The SMILES string of the molecule is N#CC(C#N)=c1c2nc(-c3ccccc3)c(-c3ccccc3)nc2c(=C(C#N)C#N)c2nc(-c3ccccc3)c(-c3ccccc3)nc12. The highest BCUT2D eigenvalue weighted by atomic mass is 14.9. The summed E-state index contributed by atoms with van der Waals surface area (Å²) < 4.78 is 0. The van der Waals surface area contributed by atoms with Gasteiger partial charge in [-0.15, -0.1) is 0 Å². The van der Waals surface area contributed by atoms with Crippen LogP contribution >= 0.6 is 0 Å². The molecule has 0 saturated carbocycles. The number of benzene rings is 5. The molecule has 0 aliphatic rings. The van der Waals surface area contributed by atoms with Gasteiger partial charge in [0.2, 0.25) is 0 Å². The average molecular weight is 613 g/mol. The summed E-state index contributed by atoms with van der Waals surface area (Å²) in [7, 11) is 0. The van der Waals surface area contributed by atoms with E-state index in [0.29, 0.717) is 22.8 Å². The van der Waals surface area contributed by atoms with Crippen LogP contribution in [0.2, 0.25) is 0 Å². The number of aromatic nitrogens is 4. The number of rotatable bonds is 4. The third-order valence-corrected chi connectivity index (χ3v) is 7.87. The Labute approximate surface area is 274 Å². The van der Waals surface area contributed by atoms with Gasteiger partial charge in [-0.3, -0.25) is 0 Å². The molecule has 5 aromatic carbocycles. The largest absolute Gasteiger partial charge is 0.243 e. The zero-order chi connectivity index (χ0) is 33.0. The molecule has 48 heavy (non-hydrogen) atoms. The molecule has 7 rings (SSSR count). The van der Waals surface area contributed by atoms with Crippen molar-refractivity contribution >= 4 is 33.2 Å². The molecule has 0 bridgehead atoms. The Morgan fingerprint density at radius 3 is 0.729 bits per heavy atom. The molecule has 8 heteroatoms. The van der Waals surface area contributed by atoms with Gasteiger partial charge in [-0.25, -0.2) is 19.9 Å². The molecule has 7 aromatic rings. The van der Waals surface area contributed by atoms with Crippen molar-refractivity contribution in [3.05, 3.63) is 132 Å². The van der Waals surface area contributed by atoms with Crippen LogP contribution < -0.4 is 10.4 Å². The monoisotopic (exact) mass is 612 g/mol. The van der Waals surface area contributed by atoms with Crippen LogP contribution in [0.15, 0.2) is 121 Å². The second-order valence-electron chi connectivity index (χ2n) is 10.6. The topological polar surface area (TPSA) is 147 Å². The number of fused-ring (bicyclic) bond motifs is 2. The van der Waals surface area contributed by atoms with Crippen molar-refractivity contribution in [2.75, 3.05) is 0 Å². The van der Waals surface area contributed by atoms with E-state index in [1.54, 1.807) is 0 Å². The van der Waals surface area contributed by atoms with E-state index in [4.69, 9.17) is 19.9 Å². The molecule has 0 unspecified atom stereocenters. The summed E-state index contributed by atoms with van der Waals surface area (Å²) in [6, 6.07) is 45.8. The minimum absolute atomic E-state index is 0.123. The Kier molecular flexibility index (Phi) is 7.58. The lowest BCUT2D eigenvalue weighted by molar-refractivity contribution is 1.24. The molecule has 0 saturated heterocycles. The fourth-order valence-electron chi connectivity index (χ4n) is 5.73. The molecular formula is C40H20N8. The van der Waals surface area contributed by atoms with Crippen molar-refractivity contribution in [3.8, 4) is 69.3 Å². The van der Waals surface area contributed by atoms with Crippen molar-refractivity contribution < 1.29 is 0 Å². The van der Waals surface area contributed by atoms with Gasteiger partial charge in [0, 0.05) is 22.3 Å². The van der Waals surface area contributed by atoms with Crippen LogP contribution in [-0.2, 0) is 0 Å². The highest BCUT2D eigenvalue weighted by molar-refractivity contribution is 6.03. The highest BCUT2D eigenvalue weighted by Gasteiger charge is 2.23. The van der Waals surface area contributed by atoms with Gasteiger partial charge in [0.25, 0.3) is 0 Å². The maximum absolute atomic E-state index is 10.3. The molecule has 0 aliphatic carbocycles. The fourth-order valence-corrected chi connectivity index (χ4v) is 5.73. The minimum Gasteiger partial charge on any atom is -0.243 e. The molecule has 0 radical (unpaired) electrons. The normalized spacial score (nSPS) is 10.4. The van der Waals surface area contributed by atoms with Gasteiger partial charge in [0.15, 0.2) is 0 Å². The first-order valence-electron chi connectivity index (χ1n) is 14.8. The lowest BCUT2D eigenvalue weighted by Gasteiger charge is -2.15. The summed E-state index contributed by atoms with van der Waals surface area (Å²) in [6.07, 6.45) is 0. The minimum atomic E-state index is -0.256. The van der Waals surface area contributed by atoms with Crippen molar-refractivity contribution in [1.82, 2.24) is 19.9 Å². The quantitative estimate of drug-likeness (QED) is 0.201. The van der Waals surface area contributed by atoms with E-state index in [9.17, 15) is 21.0 Å². The highest BCUT2D eigenvalue weighted by Crippen LogP contribution is 2.33. The van der Waals surface area contributed by atoms with E-state index in [1.807, 2.05) is 146 Å². The Hall–Kier alpha value is -7.52. The molecular weight excluding hydrogens is 592 g/mol. The molecule has 0 atom stereocenters. The van der Waals surface area contributed by atoms with Crippen molar-refractivity contribution in [2.24, 2.45) is 0 Å². The van der Waals surface area contributed by atoms with Crippen LogP contribution in [-0.4, -0.2) is 19.9 Å². The van der Waals surface area contributed by atoms with Crippen LogP contribution in [0.25, 0.3) is 78.2 Å². The second-order valence-corrected chi connectivity index (χ2v) is 10.6. The van der Waals surface area contributed by atoms with Crippen LogP contribution in [0.3, 0.4) is 0 Å². The molecule has 8 nitrogen and oxygen atoms in total. The van der Waals surface area contributed by atoms with E-state index in [2.05, 4.69) is 0 Å². The summed E-state index contributed by atoms with van der Waals surface area (Å²) in [5.41, 5.74) is 5.03. The molecule has 0 N–H and O–H groups in total. The first-order chi connectivity index (χ1) is 23.7. The fraction of sp³-hybridized carbons (Fsp3) is 0. The standard InChI is InChI=1S/C40H20N8/c41-21-29(22-42)31-37-38(46-34(26-15-7-2-8-16-26)33(45-37)25-13-5-1-6-14-25)32(30(23-43)24-44)40-39(31)47-35(27-17-9-3-10-18-27)36(48-40)28-19-11-4-12-20-28/h1-20H. The Morgan fingerprint density at radius 2 is 0.542 bits per heavy atom. The molecule has 0 fully saturated rings. The van der Waals surface area contributed by atoms with E-state index < -0.39 is 0 Å². The van der Waals surface area contributed by atoms with Gasteiger partial charge >= 0.3 is 0 Å². The molecule has 0 amide bonds. The van der Waals surface area contributed by atoms with E-state index in [0.717, 1.165) is 22.3 Å². The smallest absolute Gasteiger partial charge is 0.141 e. The third-order valence-electron chi connectivity index (χ3n) is 7.87. The average Bonchev–Trinajstić information content (AvgIpc) is 3.16. The van der Waals surface area contributed by atoms with Crippen LogP contribution in [0.4, 0.5) is 0 Å². The van der Waals surface area contributed by atoms with Gasteiger partial charge in [-0.2, -0.15) is 21.0 Å². The van der Waals surface area contributed by atoms with Gasteiger partial charge in [0.05, 0.1) is 33.2 Å². The maximum atomic E-state index is 10.3. The number of nitriles is 4. The first-order valence-corrected chi connectivity index (χ1v) is 14.8. The second kappa shape index (κ2) is 12.5. The van der Waals surface area contributed by atoms with E-state index in [1.165, 1.54) is 0 Å². The molecule has 2 aromatic heterocycles. The molecule has 0 aliphatic heterocycles. The zero-order valence-corrected chi connectivity index (χ0v) is 25.1. The van der Waals surface area contributed by atoms with E-state index in [-0.39, 0.29) is 43.7 Å². The summed E-state index contributed by atoms with van der Waals surface area (Å²) in [6.45, 7) is 0. The molecule has 0 spiro atoms. The summed E-state index contributed by atoms with van der Waals surface area (Å²) in [5, 5.41) is 41.4. The Balaban J connectivity index is 1.82. The van der Waals surface area contributed by atoms with Gasteiger partial charge in [0.1, 0.15) is 57.5 Å². The van der Waals surface area contributed by atoms with Crippen LogP contribution in [0.1, 0.15) is 0 Å². The summed E-state index contributed by atoms with van der Waals surface area (Å²) >= 11 is 0. The van der Waals surface area contributed by atoms with Gasteiger partial charge in [-0.05, 0) is 0 Å². The van der Waals surface area contributed by atoms with E-state index >= 15 is 0 Å². The van der Waals surface area contributed by atoms with Gasteiger partial charge < -0.3 is 0 Å². The van der Waals surface area contributed by atoms with Crippen LogP contribution in [0, 0.1) is 45.3 Å². The third kappa shape index (κ3) is 4.95.